The van der Waals surface area contributed by atoms with Crippen LogP contribution in [0.4, 0.5) is 16.3 Å². The lowest BCUT2D eigenvalue weighted by molar-refractivity contribution is 0.0826. The van der Waals surface area contributed by atoms with Gasteiger partial charge in [0.25, 0.3) is 0 Å². The highest BCUT2D eigenvalue weighted by atomic mass is 32.2. The normalized spacial score (nSPS) is 19.8. The first-order valence-electron chi connectivity index (χ1n) is 11.7. The molecule has 2 fully saturated rings. The molecule has 10 nitrogen and oxygen atoms in total. The van der Waals surface area contributed by atoms with Crippen molar-refractivity contribution in [3.05, 3.63) is 36.0 Å². The van der Waals surface area contributed by atoms with Gasteiger partial charge in [-0.2, -0.15) is 0 Å². The second kappa shape index (κ2) is 9.36. The van der Waals surface area contributed by atoms with E-state index in [1.54, 1.807) is 38.1 Å². The number of ether oxygens (including phenoxy) is 1. The summed E-state index contributed by atoms with van der Waals surface area (Å²) in [5, 5.41) is 15.1. The molecule has 0 bridgehead atoms. The van der Waals surface area contributed by atoms with Crippen molar-refractivity contribution in [3.8, 4) is 11.4 Å². The minimum atomic E-state index is -3.35. The molecule has 1 saturated carbocycles. The van der Waals surface area contributed by atoms with E-state index in [0.717, 1.165) is 0 Å². The average molecular weight is 504 g/mol. The Balaban J connectivity index is 1.63. The molecule has 0 spiro atoms. The second-order valence-corrected chi connectivity index (χ2v) is 12.3. The first kappa shape index (κ1) is 25.3. The van der Waals surface area contributed by atoms with Gasteiger partial charge in [0.05, 0.1) is 30.6 Å². The third-order valence-corrected chi connectivity index (χ3v) is 8.37. The van der Waals surface area contributed by atoms with Gasteiger partial charge in [-0.15, -0.1) is 0 Å². The van der Waals surface area contributed by atoms with Crippen LogP contribution in [-0.2, 0) is 19.3 Å². The van der Waals surface area contributed by atoms with Crippen molar-refractivity contribution in [2.24, 2.45) is 0 Å². The van der Waals surface area contributed by atoms with Crippen molar-refractivity contribution < 1.29 is 23.1 Å². The molecule has 2 aromatic rings. The predicted molar refractivity (Wildman–Crippen MR) is 134 cm³/mol. The number of aliphatic hydroxyl groups is 1. The number of hydrogen-bond donors (Lipinski definition) is 3. The molecule has 2 amide bonds. The van der Waals surface area contributed by atoms with Gasteiger partial charge in [0.1, 0.15) is 10.6 Å². The molecular weight excluding hydrogens is 470 g/mol. The van der Waals surface area contributed by atoms with E-state index in [2.05, 4.69) is 15.5 Å². The molecule has 1 aromatic carbocycles. The largest absolute Gasteiger partial charge is 0.389 e. The van der Waals surface area contributed by atoms with Crippen LogP contribution < -0.4 is 15.5 Å². The molecule has 0 unspecified atom stereocenters. The number of morpholine rings is 1. The van der Waals surface area contributed by atoms with Crippen LogP contribution in [0.5, 0.6) is 0 Å². The molecule has 190 valence electrons. The van der Waals surface area contributed by atoms with Gasteiger partial charge in [0.15, 0.2) is 15.7 Å². The summed E-state index contributed by atoms with van der Waals surface area (Å²) in [6.07, 6.45) is 2.36. The number of urea groups is 1. The van der Waals surface area contributed by atoms with Crippen LogP contribution in [0.15, 0.2) is 30.3 Å². The lowest BCUT2D eigenvalue weighted by Gasteiger charge is -2.34. The Morgan fingerprint density at radius 2 is 1.94 bits per heavy atom. The van der Waals surface area contributed by atoms with E-state index in [1.165, 1.54) is 6.26 Å². The van der Waals surface area contributed by atoms with Gasteiger partial charge >= 0.3 is 6.03 Å². The number of hydrogen-bond acceptors (Lipinski definition) is 8. The van der Waals surface area contributed by atoms with Gasteiger partial charge < -0.3 is 25.4 Å². The first-order chi connectivity index (χ1) is 16.4. The Hall–Kier alpha value is -2.76. The summed E-state index contributed by atoms with van der Waals surface area (Å²) in [6, 6.07) is 8.52. The fourth-order valence-electron chi connectivity index (χ4n) is 4.12. The van der Waals surface area contributed by atoms with Crippen molar-refractivity contribution in [2.45, 2.75) is 50.0 Å². The maximum atomic E-state index is 12.6. The Bertz CT molecular complexity index is 1190. The maximum Gasteiger partial charge on any atom is 0.319 e. The van der Waals surface area contributed by atoms with E-state index in [-0.39, 0.29) is 12.6 Å². The molecule has 0 radical (unpaired) electrons. The number of carbonyl (C=O) groups is 1. The molecule has 4 rings (SSSR count). The highest BCUT2D eigenvalue weighted by Crippen LogP contribution is 2.52. The van der Waals surface area contributed by atoms with E-state index in [9.17, 15) is 18.3 Å². The summed E-state index contributed by atoms with van der Waals surface area (Å²) >= 11 is 0. The van der Waals surface area contributed by atoms with Crippen LogP contribution >= 0.6 is 0 Å². The summed E-state index contributed by atoms with van der Waals surface area (Å²) < 4.78 is 29.8. The lowest BCUT2D eigenvalue weighted by Crippen LogP contribution is -2.44. The minimum absolute atomic E-state index is 0.0988. The van der Waals surface area contributed by atoms with Gasteiger partial charge in [0, 0.05) is 36.7 Å². The van der Waals surface area contributed by atoms with Gasteiger partial charge in [-0.3, -0.25) is 0 Å². The number of rotatable bonds is 7. The van der Waals surface area contributed by atoms with Crippen molar-refractivity contribution in [2.75, 3.05) is 42.8 Å². The fourth-order valence-corrected chi connectivity index (χ4v) is 5.44. The number of carbonyl (C=O) groups excluding carboxylic acids is 1. The van der Waals surface area contributed by atoms with Crippen molar-refractivity contribution >= 4 is 27.4 Å². The van der Waals surface area contributed by atoms with E-state index < -0.39 is 26.2 Å². The minimum Gasteiger partial charge on any atom is -0.389 e. The van der Waals surface area contributed by atoms with Crippen LogP contribution in [-0.4, -0.2) is 73.7 Å². The SMILES string of the molecule is C[C@H]1COCCN1c1cc(C2(S(C)(=O)=O)CC2)nc(-c2ccc(NC(=O)NCC(C)(C)O)cc2)n1. The number of nitrogens with one attached hydrogen (secondary N) is 2. The second-order valence-electron chi connectivity index (χ2n) is 10.0. The lowest BCUT2D eigenvalue weighted by atomic mass is 10.1. The Morgan fingerprint density at radius 3 is 2.51 bits per heavy atom. The Morgan fingerprint density at radius 1 is 1.26 bits per heavy atom. The summed E-state index contributed by atoms with van der Waals surface area (Å²) in [5.41, 5.74) is 0.784. The Kier molecular flexibility index (Phi) is 6.78. The standard InChI is InChI=1S/C24H33N5O5S/c1-16-14-34-12-11-29(16)20-13-19(24(9-10-24)35(4,32)33)27-21(28-20)17-5-7-18(8-6-17)26-22(30)25-15-23(2,3)31/h5-8,13,16,31H,9-12,14-15H2,1-4H3,(H2,25,26,30)/t16-/m0/s1. The summed E-state index contributed by atoms with van der Waals surface area (Å²) in [5.74, 6) is 1.12. The quantitative estimate of drug-likeness (QED) is 0.524. The number of anilines is 2. The summed E-state index contributed by atoms with van der Waals surface area (Å²) in [4.78, 5) is 23.7. The van der Waals surface area contributed by atoms with E-state index in [0.29, 0.717) is 61.2 Å². The zero-order chi connectivity index (χ0) is 25.4. The number of nitrogens with zero attached hydrogens (tertiary/aromatic N) is 3. The van der Waals surface area contributed by atoms with Crippen molar-refractivity contribution in [3.63, 3.8) is 0 Å². The molecule has 1 aromatic heterocycles. The molecule has 11 heteroatoms. The molecule has 1 atom stereocenters. The van der Waals surface area contributed by atoms with Gasteiger partial charge in [0.2, 0.25) is 0 Å². The average Bonchev–Trinajstić information content (AvgIpc) is 3.60. The summed E-state index contributed by atoms with van der Waals surface area (Å²) in [7, 11) is -3.35. The van der Waals surface area contributed by atoms with E-state index in [4.69, 9.17) is 14.7 Å². The summed E-state index contributed by atoms with van der Waals surface area (Å²) in [6.45, 7) is 7.19. The van der Waals surface area contributed by atoms with Gasteiger partial charge in [-0.25, -0.2) is 23.2 Å². The molecular formula is C24H33N5O5S. The topological polar surface area (TPSA) is 134 Å². The van der Waals surface area contributed by atoms with Crippen LogP contribution in [0.3, 0.4) is 0 Å². The fraction of sp³-hybridized carbons (Fsp3) is 0.542. The maximum absolute atomic E-state index is 12.6. The number of sulfone groups is 1. The molecule has 2 aliphatic rings. The molecule has 35 heavy (non-hydrogen) atoms. The number of amides is 2. The highest BCUT2D eigenvalue weighted by Gasteiger charge is 2.55. The molecule has 1 aliphatic heterocycles. The van der Waals surface area contributed by atoms with Crippen LogP contribution in [0.25, 0.3) is 11.4 Å². The van der Waals surface area contributed by atoms with E-state index >= 15 is 0 Å². The Labute approximate surface area is 206 Å². The number of aromatic nitrogens is 2. The third kappa shape index (κ3) is 5.74. The molecule has 1 saturated heterocycles. The van der Waals surface area contributed by atoms with Crippen LogP contribution in [0, 0.1) is 0 Å². The highest BCUT2D eigenvalue weighted by molar-refractivity contribution is 7.91. The smallest absolute Gasteiger partial charge is 0.319 e. The van der Waals surface area contributed by atoms with Crippen LogP contribution in [0.2, 0.25) is 0 Å². The zero-order valence-corrected chi connectivity index (χ0v) is 21.4. The predicted octanol–water partition coefficient (Wildman–Crippen LogP) is 2.29. The number of benzene rings is 1. The molecule has 2 heterocycles. The first-order valence-corrected chi connectivity index (χ1v) is 13.6. The van der Waals surface area contributed by atoms with Crippen molar-refractivity contribution in [1.82, 2.24) is 15.3 Å². The third-order valence-electron chi connectivity index (χ3n) is 6.34. The van der Waals surface area contributed by atoms with Gasteiger partial charge in [-0.05, 0) is 57.9 Å². The zero-order valence-electron chi connectivity index (χ0n) is 20.5. The monoisotopic (exact) mass is 503 g/mol. The van der Waals surface area contributed by atoms with E-state index in [1.807, 2.05) is 13.0 Å². The van der Waals surface area contributed by atoms with Crippen LogP contribution in [0.1, 0.15) is 39.3 Å². The van der Waals surface area contributed by atoms with Gasteiger partial charge in [-0.1, -0.05) is 0 Å². The molecule has 3 N–H and O–H groups in total. The molecule has 1 aliphatic carbocycles. The van der Waals surface area contributed by atoms with Crippen molar-refractivity contribution in [1.29, 1.82) is 0 Å².